The van der Waals surface area contributed by atoms with Crippen molar-refractivity contribution in [2.75, 3.05) is 6.61 Å². The molecule has 1 nitrogen and oxygen atoms in total. The van der Waals surface area contributed by atoms with Gasteiger partial charge in [0, 0.05) is 6.61 Å². The first kappa shape index (κ1) is 8.06. The van der Waals surface area contributed by atoms with Crippen molar-refractivity contribution >= 4 is 0 Å². The van der Waals surface area contributed by atoms with Crippen LogP contribution in [0, 0.1) is 23.2 Å². The van der Waals surface area contributed by atoms with Gasteiger partial charge in [0.25, 0.3) is 0 Å². The summed E-state index contributed by atoms with van der Waals surface area (Å²) in [6.45, 7) is 9.27. The third kappa shape index (κ3) is 0.731. The maximum Gasteiger partial charge on any atom is 0.0490 e. The lowest BCUT2D eigenvalue weighted by Gasteiger charge is -2.56. The van der Waals surface area contributed by atoms with Crippen LogP contribution in [0.5, 0.6) is 0 Å². The predicted octanol–water partition coefficient (Wildman–Crippen LogP) is 1.91. The van der Waals surface area contributed by atoms with Crippen LogP contribution in [-0.4, -0.2) is 11.7 Å². The number of hydrogen-bond acceptors (Lipinski definition) is 1. The summed E-state index contributed by atoms with van der Waals surface area (Å²) in [6, 6.07) is 0. The Hall–Kier alpha value is -0.0400. The highest BCUT2D eigenvalue weighted by atomic mass is 16.3. The van der Waals surface area contributed by atoms with Gasteiger partial charge in [0.1, 0.15) is 0 Å². The minimum Gasteiger partial charge on any atom is -0.396 e. The molecule has 0 heterocycles. The van der Waals surface area contributed by atoms with E-state index in [2.05, 4.69) is 27.7 Å². The molecule has 0 aromatic heterocycles. The van der Waals surface area contributed by atoms with Crippen LogP contribution < -0.4 is 0 Å². The molecule has 1 N–H and O–H groups in total. The highest BCUT2D eigenvalue weighted by molar-refractivity contribution is 4.99. The van der Waals surface area contributed by atoms with Gasteiger partial charge in [0.2, 0.25) is 0 Å². The van der Waals surface area contributed by atoms with Crippen molar-refractivity contribution in [3.8, 4) is 0 Å². The molecule has 1 aliphatic rings. The Morgan fingerprint density at radius 3 is 1.80 bits per heavy atom. The fraction of sp³-hybridized carbons (Fsp3) is 1.00. The Kier molecular flexibility index (Phi) is 1.80. The zero-order valence-electron chi connectivity index (χ0n) is 7.39. The number of aliphatic hydroxyl groups is 1. The van der Waals surface area contributed by atoms with Crippen LogP contribution in [0.2, 0.25) is 0 Å². The highest BCUT2D eigenvalue weighted by Gasteiger charge is 2.51. The van der Waals surface area contributed by atoms with Crippen LogP contribution in [0.15, 0.2) is 0 Å². The molecule has 60 valence electrons. The van der Waals surface area contributed by atoms with Gasteiger partial charge in [-0.15, -0.1) is 0 Å². The van der Waals surface area contributed by atoms with Crippen molar-refractivity contribution in [3.05, 3.63) is 0 Å². The third-order valence-electron chi connectivity index (χ3n) is 4.00. The molecule has 0 radical (unpaired) electrons. The monoisotopic (exact) mass is 142 g/mol. The van der Waals surface area contributed by atoms with E-state index in [4.69, 9.17) is 5.11 Å². The van der Waals surface area contributed by atoms with Gasteiger partial charge in [0.05, 0.1) is 0 Å². The van der Waals surface area contributed by atoms with Gasteiger partial charge in [-0.25, -0.2) is 0 Å². The summed E-state index contributed by atoms with van der Waals surface area (Å²) in [5.41, 5.74) is 0.208. The average Bonchev–Trinajstić information content (AvgIpc) is 2.00. The van der Waals surface area contributed by atoms with Crippen LogP contribution >= 0.6 is 0 Å². The topological polar surface area (TPSA) is 20.2 Å². The summed E-state index contributed by atoms with van der Waals surface area (Å²) in [5.74, 6) is 2.16. The first-order valence-corrected chi connectivity index (χ1v) is 4.15. The molecule has 0 amide bonds. The molecule has 2 unspecified atom stereocenters. The lowest BCUT2D eigenvalue weighted by Crippen LogP contribution is -2.53. The summed E-state index contributed by atoms with van der Waals surface area (Å²) in [7, 11) is 0. The van der Waals surface area contributed by atoms with Gasteiger partial charge in [-0.1, -0.05) is 27.7 Å². The summed E-state index contributed by atoms with van der Waals surface area (Å²) >= 11 is 0. The van der Waals surface area contributed by atoms with Crippen LogP contribution in [0.3, 0.4) is 0 Å². The predicted molar refractivity (Wildman–Crippen MR) is 42.7 cm³/mol. The summed E-state index contributed by atoms with van der Waals surface area (Å²) in [4.78, 5) is 0. The van der Waals surface area contributed by atoms with Gasteiger partial charge in [0.15, 0.2) is 0 Å². The minimum atomic E-state index is 0.208. The average molecular weight is 142 g/mol. The van der Waals surface area contributed by atoms with E-state index < -0.39 is 0 Å². The fourth-order valence-electron chi connectivity index (χ4n) is 2.22. The molecule has 0 saturated heterocycles. The van der Waals surface area contributed by atoms with Crippen molar-refractivity contribution in [1.82, 2.24) is 0 Å². The van der Waals surface area contributed by atoms with E-state index in [-0.39, 0.29) is 5.41 Å². The number of aliphatic hydroxyl groups excluding tert-OH is 1. The highest BCUT2D eigenvalue weighted by Crippen LogP contribution is 2.54. The molecule has 10 heavy (non-hydrogen) atoms. The molecule has 0 aromatic rings. The van der Waals surface area contributed by atoms with E-state index >= 15 is 0 Å². The van der Waals surface area contributed by atoms with Crippen molar-refractivity contribution < 1.29 is 5.11 Å². The summed E-state index contributed by atoms with van der Waals surface area (Å²) < 4.78 is 0. The number of rotatable bonds is 1. The Balaban J connectivity index is 2.64. The second-order valence-electron chi connectivity index (χ2n) is 4.10. The molecule has 0 spiro atoms. The van der Waals surface area contributed by atoms with Crippen molar-refractivity contribution in [2.24, 2.45) is 23.2 Å². The van der Waals surface area contributed by atoms with E-state index in [9.17, 15) is 0 Å². The summed E-state index contributed by atoms with van der Waals surface area (Å²) in [5, 5.41) is 9.10. The van der Waals surface area contributed by atoms with Crippen LogP contribution in [0.1, 0.15) is 27.7 Å². The van der Waals surface area contributed by atoms with Crippen molar-refractivity contribution in [3.63, 3.8) is 0 Å². The van der Waals surface area contributed by atoms with Crippen LogP contribution in [-0.2, 0) is 0 Å². The third-order valence-corrected chi connectivity index (χ3v) is 4.00. The standard InChI is InChI=1S/C9H18O/c1-6-7(2)9(4,5-10)8(6)3/h6-8,10H,5H2,1-4H3. The Morgan fingerprint density at radius 2 is 1.60 bits per heavy atom. The Bertz CT molecular complexity index is 121. The van der Waals surface area contributed by atoms with Gasteiger partial charge in [-0.2, -0.15) is 0 Å². The first-order chi connectivity index (χ1) is 4.54. The van der Waals surface area contributed by atoms with Crippen LogP contribution in [0.25, 0.3) is 0 Å². The summed E-state index contributed by atoms with van der Waals surface area (Å²) in [6.07, 6.45) is 0. The quantitative estimate of drug-likeness (QED) is 0.593. The Labute approximate surface area is 63.4 Å². The van der Waals surface area contributed by atoms with Gasteiger partial charge in [-0.3, -0.25) is 0 Å². The molecular weight excluding hydrogens is 124 g/mol. The molecule has 1 heteroatoms. The van der Waals surface area contributed by atoms with Crippen LogP contribution in [0.4, 0.5) is 0 Å². The Morgan fingerprint density at radius 1 is 1.20 bits per heavy atom. The van der Waals surface area contributed by atoms with E-state index in [1.807, 2.05) is 0 Å². The van der Waals surface area contributed by atoms with Crippen molar-refractivity contribution in [2.45, 2.75) is 27.7 Å². The molecular formula is C9H18O. The van der Waals surface area contributed by atoms with E-state index in [0.717, 1.165) is 5.92 Å². The van der Waals surface area contributed by atoms with Gasteiger partial charge in [-0.05, 0) is 23.2 Å². The number of hydrogen-bond donors (Lipinski definition) is 1. The zero-order chi connectivity index (χ0) is 7.94. The van der Waals surface area contributed by atoms with Crippen molar-refractivity contribution in [1.29, 1.82) is 0 Å². The largest absolute Gasteiger partial charge is 0.396 e. The maximum absolute atomic E-state index is 9.10. The molecule has 0 aliphatic heterocycles. The molecule has 2 atom stereocenters. The normalized spacial score (nSPS) is 54.3. The SMILES string of the molecule is CC1C(C)C(C)(CO)C1C. The van der Waals surface area contributed by atoms with E-state index in [1.165, 1.54) is 0 Å². The molecule has 1 fully saturated rings. The van der Waals surface area contributed by atoms with Gasteiger partial charge < -0.3 is 5.11 Å². The molecule has 0 bridgehead atoms. The zero-order valence-corrected chi connectivity index (χ0v) is 7.39. The second kappa shape index (κ2) is 2.23. The van der Waals surface area contributed by atoms with E-state index in [1.54, 1.807) is 0 Å². The molecule has 0 aromatic carbocycles. The maximum atomic E-state index is 9.10. The minimum absolute atomic E-state index is 0.208. The smallest absolute Gasteiger partial charge is 0.0490 e. The van der Waals surface area contributed by atoms with Gasteiger partial charge >= 0.3 is 0 Å². The second-order valence-corrected chi connectivity index (χ2v) is 4.10. The first-order valence-electron chi connectivity index (χ1n) is 4.15. The lowest BCUT2D eigenvalue weighted by atomic mass is 9.49. The molecule has 1 rings (SSSR count). The molecule has 1 aliphatic carbocycles. The van der Waals surface area contributed by atoms with E-state index in [0.29, 0.717) is 18.4 Å². The fourth-order valence-corrected chi connectivity index (χ4v) is 2.22. The molecule has 1 saturated carbocycles. The lowest BCUT2D eigenvalue weighted by molar-refractivity contribution is -0.113.